The van der Waals surface area contributed by atoms with Crippen molar-refractivity contribution in [2.75, 3.05) is 19.7 Å². The van der Waals surface area contributed by atoms with E-state index >= 15 is 0 Å². The van der Waals surface area contributed by atoms with Gasteiger partial charge in [-0.15, -0.1) is 0 Å². The molecule has 0 saturated carbocycles. The van der Waals surface area contributed by atoms with E-state index in [2.05, 4.69) is 29.2 Å². The highest BCUT2D eigenvalue weighted by Crippen LogP contribution is 2.13. The second kappa shape index (κ2) is 6.15. The third-order valence-corrected chi connectivity index (χ3v) is 3.08. The van der Waals surface area contributed by atoms with Crippen LogP contribution in [-0.4, -0.2) is 41.9 Å². The minimum absolute atomic E-state index is 0.174. The van der Waals surface area contributed by atoms with Crippen molar-refractivity contribution in [2.24, 2.45) is 0 Å². The quantitative estimate of drug-likeness (QED) is 0.861. The number of aliphatic hydroxyl groups is 1. The minimum Gasteiger partial charge on any atom is -0.393 e. The second-order valence-electron chi connectivity index (χ2n) is 4.80. The molecule has 1 aromatic carbocycles. The zero-order valence-corrected chi connectivity index (χ0v) is 10.4. The van der Waals surface area contributed by atoms with Crippen LogP contribution in [0.25, 0.3) is 0 Å². The first-order valence-corrected chi connectivity index (χ1v) is 6.30. The summed E-state index contributed by atoms with van der Waals surface area (Å²) in [6.45, 7) is 5.45. The number of rotatable bonds is 4. The number of hydrogen-bond acceptors (Lipinski definition) is 3. The molecule has 17 heavy (non-hydrogen) atoms. The van der Waals surface area contributed by atoms with E-state index in [4.69, 9.17) is 4.74 Å². The lowest BCUT2D eigenvalue weighted by Gasteiger charge is -2.33. The summed E-state index contributed by atoms with van der Waals surface area (Å²) in [4.78, 5) is 2.39. The van der Waals surface area contributed by atoms with E-state index in [-0.39, 0.29) is 12.2 Å². The smallest absolute Gasteiger partial charge is 0.0727 e. The first-order chi connectivity index (χ1) is 8.24. The van der Waals surface area contributed by atoms with Gasteiger partial charge >= 0.3 is 0 Å². The first-order valence-electron chi connectivity index (χ1n) is 6.30. The van der Waals surface area contributed by atoms with E-state index in [1.165, 1.54) is 5.56 Å². The van der Waals surface area contributed by atoms with Crippen LogP contribution in [0.4, 0.5) is 0 Å². The average molecular weight is 235 g/mol. The molecule has 3 nitrogen and oxygen atoms in total. The predicted molar refractivity (Wildman–Crippen MR) is 67.8 cm³/mol. The molecule has 1 aliphatic rings. The summed E-state index contributed by atoms with van der Waals surface area (Å²) in [7, 11) is 0. The Morgan fingerprint density at radius 2 is 2.18 bits per heavy atom. The van der Waals surface area contributed by atoms with Crippen molar-refractivity contribution in [1.29, 1.82) is 0 Å². The molecule has 1 unspecified atom stereocenters. The lowest BCUT2D eigenvalue weighted by molar-refractivity contribution is -0.0499. The van der Waals surface area contributed by atoms with Crippen LogP contribution in [-0.2, 0) is 11.3 Å². The molecule has 3 heteroatoms. The van der Waals surface area contributed by atoms with Gasteiger partial charge in [-0.2, -0.15) is 0 Å². The molecule has 0 aliphatic carbocycles. The summed E-state index contributed by atoms with van der Waals surface area (Å²) in [5.74, 6) is 0. The third kappa shape index (κ3) is 4.11. The Labute approximate surface area is 103 Å². The Bertz CT molecular complexity index is 326. The average Bonchev–Trinajstić information content (AvgIpc) is 2.30. The molecule has 1 fully saturated rings. The molecule has 94 valence electrons. The Hall–Kier alpha value is -0.900. The van der Waals surface area contributed by atoms with Crippen LogP contribution in [0.2, 0.25) is 0 Å². The number of aliphatic hydroxyl groups excluding tert-OH is 1. The molecule has 2 rings (SSSR count). The van der Waals surface area contributed by atoms with E-state index < -0.39 is 0 Å². The number of hydrogen-bond donors (Lipinski definition) is 1. The lowest BCUT2D eigenvalue weighted by atomic mass is 10.1. The first kappa shape index (κ1) is 12.6. The van der Waals surface area contributed by atoms with Crippen molar-refractivity contribution in [1.82, 2.24) is 4.90 Å². The van der Waals surface area contributed by atoms with E-state index in [0.717, 1.165) is 32.7 Å². The van der Waals surface area contributed by atoms with Gasteiger partial charge < -0.3 is 9.84 Å². The standard InChI is InChI=1S/C14H21NO2/c1-12(16)9-14-11-15(7-8-17-14)10-13-5-3-2-4-6-13/h2-6,12,14,16H,7-11H2,1H3/t12-,14?/m0/s1. The zero-order chi connectivity index (χ0) is 12.1. The van der Waals surface area contributed by atoms with Crippen LogP contribution in [0.15, 0.2) is 30.3 Å². The maximum atomic E-state index is 9.38. The topological polar surface area (TPSA) is 32.7 Å². The van der Waals surface area contributed by atoms with Gasteiger partial charge in [-0.1, -0.05) is 30.3 Å². The summed E-state index contributed by atoms with van der Waals surface area (Å²) in [6.07, 6.45) is 0.620. The van der Waals surface area contributed by atoms with Crippen LogP contribution in [0.3, 0.4) is 0 Å². The Morgan fingerprint density at radius 3 is 2.88 bits per heavy atom. The predicted octanol–water partition coefficient (Wildman–Crippen LogP) is 1.66. The molecule has 0 radical (unpaired) electrons. The maximum Gasteiger partial charge on any atom is 0.0727 e. The fourth-order valence-electron chi connectivity index (χ4n) is 2.29. The van der Waals surface area contributed by atoms with Gasteiger partial charge in [0.1, 0.15) is 0 Å². The summed E-state index contributed by atoms with van der Waals surface area (Å²) in [6, 6.07) is 10.5. The molecular formula is C14H21NO2. The molecule has 0 bridgehead atoms. The lowest BCUT2D eigenvalue weighted by Crippen LogP contribution is -2.42. The molecule has 0 spiro atoms. The van der Waals surface area contributed by atoms with Gasteiger partial charge in [-0.05, 0) is 12.5 Å². The molecule has 1 saturated heterocycles. The molecule has 1 N–H and O–H groups in total. The summed E-state index contributed by atoms with van der Waals surface area (Å²) in [5.41, 5.74) is 1.34. The number of nitrogens with zero attached hydrogens (tertiary/aromatic N) is 1. The van der Waals surface area contributed by atoms with Crippen LogP contribution >= 0.6 is 0 Å². The van der Waals surface area contributed by atoms with Crippen LogP contribution in [0.5, 0.6) is 0 Å². The highest BCUT2D eigenvalue weighted by atomic mass is 16.5. The van der Waals surface area contributed by atoms with E-state index in [9.17, 15) is 5.11 Å². The van der Waals surface area contributed by atoms with Crippen molar-refractivity contribution in [3.63, 3.8) is 0 Å². The molecule has 1 heterocycles. The van der Waals surface area contributed by atoms with E-state index in [1.54, 1.807) is 0 Å². The SMILES string of the molecule is C[C@H](O)CC1CN(Cc2ccccc2)CCO1. The molecule has 1 aromatic rings. The number of morpholine rings is 1. The number of benzene rings is 1. The molecule has 0 aromatic heterocycles. The van der Waals surface area contributed by atoms with Crippen LogP contribution in [0.1, 0.15) is 18.9 Å². The largest absolute Gasteiger partial charge is 0.393 e. The fraction of sp³-hybridized carbons (Fsp3) is 0.571. The monoisotopic (exact) mass is 235 g/mol. The highest BCUT2D eigenvalue weighted by Gasteiger charge is 2.21. The van der Waals surface area contributed by atoms with Gasteiger partial charge in [0.15, 0.2) is 0 Å². The van der Waals surface area contributed by atoms with Crippen LogP contribution in [0, 0.1) is 0 Å². The van der Waals surface area contributed by atoms with E-state index in [1.807, 2.05) is 13.0 Å². The van der Waals surface area contributed by atoms with Crippen LogP contribution < -0.4 is 0 Å². The fourth-order valence-corrected chi connectivity index (χ4v) is 2.29. The number of ether oxygens (including phenoxy) is 1. The zero-order valence-electron chi connectivity index (χ0n) is 10.4. The van der Waals surface area contributed by atoms with Gasteiger partial charge in [0.2, 0.25) is 0 Å². The normalized spacial score (nSPS) is 23.5. The van der Waals surface area contributed by atoms with Gasteiger partial charge in [-0.3, -0.25) is 4.90 Å². The third-order valence-electron chi connectivity index (χ3n) is 3.08. The maximum absolute atomic E-state index is 9.38. The highest BCUT2D eigenvalue weighted by molar-refractivity contribution is 5.14. The Balaban J connectivity index is 1.85. The summed E-state index contributed by atoms with van der Waals surface area (Å²) >= 11 is 0. The molecular weight excluding hydrogens is 214 g/mol. The van der Waals surface area contributed by atoms with Crippen molar-refractivity contribution in [3.05, 3.63) is 35.9 Å². The second-order valence-corrected chi connectivity index (χ2v) is 4.80. The van der Waals surface area contributed by atoms with Gasteiger partial charge in [0.05, 0.1) is 18.8 Å². The van der Waals surface area contributed by atoms with E-state index in [0.29, 0.717) is 0 Å². The van der Waals surface area contributed by atoms with Crippen molar-refractivity contribution in [2.45, 2.75) is 32.1 Å². The van der Waals surface area contributed by atoms with Crippen molar-refractivity contribution >= 4 is 0 Å². The van der Waals surface area contributed by atoms with Gasteiger partial charge in [0.25, 0.3) is 0 Å². The molecule has 0 amide bonds. The molecule has 1 aliphatic heterocycles. The van der Waals surface area contributed by atoms with Crippen molar-refractivity contribution in [3.8, 4) is 0 Å². The summed E-state index contributed by atoms with van der Waals surface area (Å²) in [5, 5.41) is 9.38. The minimum atomic E-state index is -0.281. The summed E-state index contributed by atoms with van der Waals surface area (Å²) < 4.78 is 5.66. The van der Waals surface area contributed by atoms with Gasteiger partial charge in [0, 0.05) is 26.1 Å². The Morgan fingerprint density at radius 1 is 1.41 bits per heavy atom. The van der Waals surface area contributed by atoms with Crippen molar-refractivity contribution < 1.29 is 9.84 Å². The van der Waals surface area contributed by atoms with Gasteiger partial charge in [-0.25, -0.2) is 0 Å². The Kier molecular flexibility index (Phi) is 4.54. The molecule has 2 atom stereocenters.